The fraction of sp³-hybridized carbons (Fsp3) is 0.286. The first kappa shape index (κ1) is 12.8. The molecule has 4 N–H and O–H groups in total. The average Bonchev–Trinajstić information content (AvgIpc) is 2.94. The third-order valence-electron chi connectivity index (χ3n) is 3.38. The minimum atomic E-state index is -0.292. The Morgan fingerprint density at radius 3 is 2.70 bits per heavy atom. The number of anilines is 2. The van der Waals surface area contributed by atoms with Gasteiger partial charge in [-0.15, -0.1) is 0 Å². The minimum absolute atomic E-state index is 0.292. The quantitative estimate of drug-likeness (QED) is 0.570. The number of nitrogens with two attached hydrogens (primary N) is 1. The monoisotopic (exact) mass is 271 g/mol. The molecule has 0 spiro atoms. The lowest BCUT2D eigenvalue weighted by molar-refractivity contribution is 0.198. The van der Waals surface area contributed by atoms with Gasteiger partial charge in [-0.3, -0.25) is 0 Å². The second-order valence-corrected chi connectivity index (χ2v) is 4.83. The molecule has 1 aromatic carbocycles. The number of aliphatic hydroxyl groups is 1. The van der Waals surface area contributed by atoms with Crippen LogP contribution >= 0.6 is 0 Å². The Balaban J connectivity index is 1.99. The van der Waals surface area contributed by atoms with Crippen LogP contribution in [0.4, 0.5) is 11.6 Å². The molecule has 104 valence electrons. The van der Waals surface area contributed by atoms with Gasteiger partial charge in [-0.05, 0) is 6.42 Å². The topological polar surface area (TPSA) is 87.3 Å². The van der Waals surface area contributed by atoms with Gasteiger partial charge in [0.15, 0.2) is 5.82 Å². The number of rotatable bonds is 3. The highest BCUT2D eigenvalue weighted by molar-refractivity contribution is 5.61. The number of nitrogens with one attached hydrogen (secondary N) is 1. The molecule has 20 heavy (non-hydrogen) atoms. The summed E-state index contributed by atoms with van der Waals surface area (Å²) in [7, 11) is 0. The molecule has 3 rings (SSSR count). The number of hydrazine groups is 1. The van der Waals surface area contributed by atoms with Crippen LogP contribution in [0.25, 0.3) is 11.4 Å². The molecule has 6 nitrogen and oxygen atoms in total. The maximum atomic E-state index is 9.65. The van der Waals surface area contributed by atoms with Crippen LogP contribution in [0.5, 0.6) is 0 Å². The van der Waals surface area contributed by atoms with Crippen LogP contribution in [0.15, 0.2) is 36.4 Å². The largest absolute Gasteiger partial charge is 0.391 e. The first-order chi connectivity index (χ1) is 9.76. The van der Waals surface area contributed by atoms with E-state index in [-0.39, 0.29) is 6.10 Å². The molecule has 1 fully saturated rings. The number of hydrogen-bond donors (Lipinski definition) is 3. The Morgan fingerprint density at radius 1 is 1.25 bits per heavy atom. The molecule has 0 bridgehead atoms. The molecule has 0 radical (unpaired) electrons. The predicted molar refractivity (Wildman–Crippen MR) is 78.1 cm³/mol. The molecule has 1 aliphatic heterocycles. The van der Waals surface area contributed by atoms with Crippen LogP contribution < -0.4 is 16.2 Å². The number of nitrogen functional groups attached to an aromatic ring is 1. The van der Waals surface area contributed by atoms with Crippen molar-refractivity contribution in [3.8, 4) is 11.4 Å². The van der Waals surface area contributed by atoms with E-state index in [1.54, 1.807) is 6.07 Å². The van der Waals surface area contributed by atoms with E-state index in [1.807, 2.05) is 35.2 Å². The average molecular weight is 271 g/mol. The maximum absolute atomic E-state index is 9.65. The Labute approximate surface area is 117 Å². The SMILES string of the molecule is NNc1cc(N2CCC(O)C2)nc(-c2ccccc2)n1. The summed E-state index contributed by atoms with van der Waals surface area (Å²) in [4.78, 5) is 11.0. The lowest BCUT2D eigenvalue weighted by atomic mass is 10.2. The molecule has 1 saturated heterocycles. The number of aliphatic hydroxyl groups excluding tert-OH is 1. The predicted octanol–water partition coefficient (Wildman–Crippen LogP) is 1.00. The summed E-state index contributed by atoms with van der Waals surface area (Å²) >= 11 is 0. The van der Waals surface area contributed by atoms with Crippen molar-refractivity contribution in [3.05, 3.63) is 36.4 Å². The highest BCUT2D eigenvalue weighted by atomic mass is 16.3. The summed E-state index contributed by atoms with van der Waals surface area (Å²) in [5, 5.41) is 9.65. The van der Waals surface area contributed by atoms with Gasteiger partial charge in [0.05, 0.1) is 6.10 Å². The summed E-state index contributed by atoms with van der Waals surface area (Å²) < 4.78 is 0. The summed E-state index contributed by atoms with van der Waals surface area (Å²) in [6.07, 6.45) is 0.468. The molecular formula is C14H17N5O. The number of nitrogens with zero attached hydrogens (tertiary/aromatic N) is 3. The molecule has 2 heterocycles. The maximum Gasteiger partial charge on any atom is 0.163 e. The van der Waals surface area contributed by atoms with Crippen molar-refractivity contribution < 1.29 is 5.11 Å². The van der Waals surface area contributed by atoms with E-state index < -0.39 is 0 Å². The molecule has 1 unspecified atom stereocenters. The Hall–Kier alpha value is -2.18. The van der Waals surface area contributed by atoms with Crippen LogP contribution in [-0.4, -0.2) is 34.3 Å². The van der Waals surface area contributed by atoms with Gasteiger partial charge in [0, 0.05) is 24.7 Å². The lowest BCUT2D eigenvalue weighted by Crippen LogP contribution is -2.23. The molecule has 1 aliphatic rings. The van der Waals surface area contributed by atoms with Crippen molar-refractivity contribution >= 4 is 11.6 Å². The zero-order chi connectivity index (χ0) is 13.9. The number of hydrogen-bond acceptors (Lipinski definition) is 6. The standard InChI is InChI=1S/C14H17N5O/c15-18-12-8-13(19-7-6-11(20)9-19)17-14(16-12)10-4-2-1-3-5-10/h1-5,8,11,20H,6-7,9,15H2,(H,16,17,18). The van der Waals surface area contributed by atoms with Crippen molar-refractivity contribution in [1.29, 1.82) is 0 Å². The highest BCUT2D eigenvalue weighted by Crippen LogP contribution is 2.24. The van der Waals surface area contributed by atoms with E-state index >= 15 is 0 Å². The zero-order valence-corrected chi connectivity index (χ0v) is 11.0. The van der Waals surface area contributed by atoms with Crippen molar-refractivity contribution in [3.63, 3.8) is 0 Å². The van der Waals surface area contributed by atoms with Gasteiger partial charge in [0.1, 0.15) is 11.6 Å². The van der Waals surface area contributed by atoms with Gasteiger partial charge in [-0.25, -0.2) is 15.8 Å². The van der Waals surface area contributed by atoms with Crippen molar-refractivity contribution in [1.82, 2.24) is 9.97 Å². The van der Waals surface area contributed by atoms with Crippen molar-refractivity contribution in [2.75, 3.05) is 23.4 Å². The summed E-state index contributed by atoms with van der Waals surface area (Å²) in [6.45, 7) is 1.38. The van der Waals surface area contributed by atoms with Gasteiger partial charge >= 0.3 is 0 Å². The fourth-order valence-corrected chi connectivity index (χ4v) is 2.34. The first-order valence-electron chi connectivity index (χ1n) is 6.60. The van der Waals surface area contributed by atoms with Gasteiger partial charge in [0.25, 0.3) is 0 Å². The molecule has 2 aromatic rings. The number of benzene rings is 1. The Kier molecular flexibility index (Phi) is 3.49. The molecule has 0 amide bonds. The van der Waals surface area contributed by atoms with Crippen molar-refractivity contribution in [2.24, 2.45) is 5.84 Å². The van der Waals surface area contributed by atoms with E-state index in [1.165, 1.54) is 0 Å². The Morgan fingerprint density at radius 2 is 2.05 bits per heavy atom. The van der Waals surface area contributed by atoms with E-state index in [2.05, 4.69) is 15.4 Å². The van der Waals surface area contributed by atoms with E-state index in [0.717, 1.165) is 24.3 Å². The number of β-amino-alcohol motifs (C(OH)–C–C–N with tert-alkyl or cyclic N) is 1. The molecule has 1 aromatic heterocycles. The fourth-order valence-electron chi connectivity index (χ4n) is 2.34. The van der Waals surface area contributed by atoms with Gasteiger partial charge in [-0.2, -0.15) is 0 Å². The van der Waals surface area contributed by atoms with Crippen molar-refractivity contribution in [2.45, 2.75) is 12.5 Å². The first-order valence-corrected chi connectivity index (χ1v) is 6.60. The molecule has 1 atom stereocenters. The van der Waals surface area contributed by atoms with Crippen LogP contribution in [-0.2, 0) is 0 Å². The summed E-state index contributed by atoms with van der Waals surface area (Å²) in [5.41, 5.74) is 3.51. The normalized spacial score (nSPS) is 18.3. The minimum Gasteiger partial charge on any atom is -0.391 e. The van der Waals surface area contributed by atoms with Crippen LogP contribution in [0.2, 0.25) is 0 Å². The summed E-state index contributed by atoms with van der Waals surface area (Å²) in [5.74, 6) is 7.45. The van der Waals surface area contributed by atoms with Crippen LogP contribution in [0, 0.1) is 0 Å². The summed E-state index contributed by atoms with van der Waals surface area (Å²) in [6, 6.07) is 11.5. The zero-order valence-electron chi connectivity index (χ0n) is 11.0. The molecule has 6 heteroatoms. The van der Waals surface area contributed by atoms with Gasteiger partial charge in [-0.1, -0.05) is 30.3 Å². The third-order valence-corrected chi connectivity index (χ3v) is 3.38. The van der Waals surface area contributed by atoms with E-state index in [9.17, 15) is 5.11 Å². The molecule has 0 aliphatic carbocycles. The smallest absolute Gasteiger partial charge is 0.163 e. The molecule has 0 saturated carbocycles. The van der Waals surface area contributed by atoms with E-state index in [0.29, 0.717) is 18.2 Å². The molecular weight excluding hydrogens is 254 g/mol. The third kappa shape index (κ3) is 2.56. The van der Waals surface area contributed by atoms with Gasteiger partial charge < -0.3 is 15.4 Å². The lowest BCUT2D eigenvalue weighted by Gasteiger charge is -2.18. The Bertz CT molecular complexity index is 589. The van der Waals surface area contributed by atoms with Gasteiger partial charge in [0.2, 0.25) is 0 Å². The highest BCUT2D eigenvalue weighted by Gasteiger charge is 2.22. The van der Waals surface area contributed by atoms with E-state index in [4.69, 9.17) is 5.84 Å². The number of aromatic nitrogens is 2. The van der Waals surface area contributed by atoms with Crippen LogP contribution in [0.3, 0.4) is 0 Å². The van der Waals surface area contributed by atoms with Crippen LogP contribution in [0.1, 0.15) is 6.42 Å². The second kappa shape index (κ2) is 5.44. The second-order valence-electron chi connectivity index (χ2n) is 4.83.